The number of hydrogen-bond donors (Lipinski definition) is 1. The summed E-state index contributed by atoms with van der Waals surface area (Å²) in [7, 11) is 0. The highest BCUT2D eigenvalue weighted by Crippen LogP contribution is 2.65. The first-order valence-electron chi connectivity index (χ1n) is 11.1. The molecule has 0 bridgehead atoms. The van der Waals surface area contributed by atoms with Crippen molar-refractivity contribution < 1.29 is 38.5 Å². The Morgan fingerprint density at radius 2 is 1.72 bits per heavy atom. The van der Waals surface area contributed by atoms with Gasteiger partial charge in [0, 0.05) is 18.3 Å². The highest BCUT2D eigenvalue weighted by Gasteiger charge is 2.71. The minimum Gasteiger partial charge on any atom is -0.455 e. The molecular formula is C24H28O8. The van der Waals surface area contributed by atoms with Crippen molar-refractivity contribution in [2.45, 2.75) is 71.9 Å². The van der Waals surface area contributed by atoms with Gasteiger partial charge in [-0.3, -0.25) is 19.2 Å². The van der Waals surface area contributed by atoms with Crippen LogP contribution in [0.5, 0.6) is 0 Å². The van der Waals surface area contributed by atoms with Crippen LogP contribution >= 0.6 is 0 Å². The molecule has 5 aliphatic rings. The molecule has 3 fully saturated rings. The summed E-state index contributed by atoms with van der Waals surface area (Å²) in [6, 6.07) is 0. The van der Waals surface area contributed by atoms with Gasteiger partial charge in [-0.05, 0) is 63.3 Å². The Labute approximate surface area is 186 Å². The van der Waals surface area contributed by atoms with E-state index < -0.39 is 59.2 Å². The highest BCUT2D eigenvalue weighted by molar-refractivity contribution is 6.01. The molecular weight excluding hydrogens is 416 g/mol. The summed E-state index contributed by atoms with van der Waals surface area (Å²) in [6.07, 6.45) is -1.63. The fourth-order valence-electron chi connectivity index (χ4n) is 6.74. The number of carbonyl (C=O) groups excluding carboxylic acids is 4. The lowest BCUT2D eigenvalue weighted by Crippen LogP contribution is -2.61. The van der Waals surface area contributed by atoms with Crippen molar-refractivity contribution in [3.8, 4) is 0 Å². The van der Waals surface area contributed by atoms with Crippen LogP contribution in [0.15, 0.2) is 22.3 Å². The summed E-state index contributed by atoms with van der Waals surface area (Å²) >= 11 is 0. The van der Waals surface area contributed by atoms with E-state index in [0.29, 0.717) is 22.3 Å². The van der Waals surface area contributed by atoms with Crippen LogP contribution < -0.4 is 0 Å². The molecule has 2 aliphatic carbocycles. The molecule has 0 spiro atoms. The smallest absolute Gasteiger partial charge is 0.314 e. The number of Topliss-reactive ketones (excluding diaryl/α,β-unsaturated/α-hetero) is 2. The number of fused-ring (bicyclic) bond motifs is 2. The fraction of sp³-hybridized carbons (Fsp3) is 0.667. The lowest BCUT2D eigenvalue weighted by atomic mass is 9.48. The molecule has 2 saturated heterocycles. The molecule has 32 heavy (non-hydrogen) atoms. The molecule has 0 unspecified atom stereocenters. The normalized spacial score (nSPS) is 42.7. The van der Waals surface area contributed by atoms with Gasteiger partial charge in [0.25, 0.3) is 0 Å². The standard InChI is InChI=1S/C24H28O8/c1-10-19(28)17-18-20(30-10)31-21(29)23(18,4)8-14-12(9-25)11-6-16(27)32-22(2,3)13(11)7-15(26)24(14,17)5/h10,17-18,20,25H,6-9H2,1-5H3/t10-,17+,18+,20-,23+,24+/m1/s1. The Kier molecular flexibility index (Phi) is 4.29. The number of esters is 2. The summed E-state index contributed by atoms with van der Waals surface area (Å²) in [5.74, 6) is -2.76. The van der Waals surface area contributed by atoms with Crippen molar-refractivity contribution in [3.63, 3.8) is 0 Å². The molecule has 6 atom stereocenters. The summed E-state index contributed by atoms with van der Waals surface area (Å²) in [6.45, 7) is 8.14. The van der Waals surface area contributed by atoms with Crippen LogP contribution in [0.25, 0.3) is 0 Å². The summed E-state index contributed by atoms with van der Waals surface area (Å²) in [4.78, 5) is 52.9. The molecule has 0 aromatic carbocycles. The minimum absolute atomic E-state index is 0.00103. The number of hydrogen-bond acceptors (Lipinski definition) is 8. The van der Waals surface area contributed by atoms with Gasteiger partial charge in [-0.1, -0.05) is 0 Å². The van der Waals surface area contributed by atoms with Crippen LogP contribution in [0.1, 0.15) is 53.9 Å². The first-order valence-corrected chi connectivity index (χ1v) is 11.1. The van der Waals surface area contributed by atoms with E-state index in [1.807, 2.05) is 0 Å². The number of ether oxygens (including phenoxy) is 3. The van der Waals surface area contributed by atoms with Crippen LogP contribution in [0.4, 0.5) is 0 Å². The van der Waals surface area contributed by atoms with Crippen LogP contribution in [0, 0.1) is 22.7 Å². The maximum atomic E-state index is 14.0. The van der Waals surface area contributed by atoms with Gasteiger partial charge < -0.3 is 19.3 Å². The van der Waals surface area contributed by atoms with E-state index in [1.54, 1.807) is 34.6 Å². The quantitative estimate of drug-likeness (QED) is 0.609. The second-order valence-corrected chi connectivity index (χ2v) is 10.6. The first kappa shape index (κ1) is 21.5. The van der Waals surface area contributed by atoms with E-state index in [0.717, 1.165) is 0 Å². The number of ketones is 2. The molecule has 8 heteroatoms. The van der Waals surface area contributed by atoms with Crippen molar-refractivity contribution >= 4 is 23.5 Å². The number of cyclic esters (lactones) is 1. The van der Waals surface area contributed by atoms with Crippen LogP contribution in [0.3, 0.4) is 0 Å². The van der Waals surface area contributed by atoms with Gasteiger partial charge in [0.05, 0.1) is 23.9 Å². The summed E-state index contributed by atoms with van der Waals surface area (Å²) < 4.78 is 16.8. The van der Waals surface area contributed by atoms with E-state index in [1.165, 1.54) is 0 Å². The maximum Gasteiger partial charge on any atom is 0.314 e. The SMILES string of the molecule is C[C@H]1O[C@@H]2OC(=O)[C@@]3(C)CC4=C(CO)C5=C(CC(=O)[C@@]4(C)[C@H](C1=O)[C@@H]23)C(C)(C)OC(=O)C5. The van der Waals surface area contributed by atoms with Crippen molar-refractivity contribution in [3.05, 3.63) is 22.3 Å². The number of allylic oxidation sites excluding steroid dienone is 1. The van der Waals surface area contributed by atoms with E-state index in [2.05, 4.69) is 0 Å². The molecule has 0 aromatic heterocycles. The predicted molar refractivity (Wildman–Crippen MR) is 109 cm³/mol. The van der Waals surface area contributed by atoms with Crippen LogP contribution in [-0.4, -0.2) is 53.2 Å². The number of aliphatic hydroxyl groups excluding tert-OH is 1. The molecule has 3 aliphatic heterocycles. The van der Waals surface area contributed by atoms with E-state index >= 15 is 0 Å². The Morgan fingerprint density at radius 3 is 2.38 bits per heavy atom. The van der Waals surface area contributed by atoms with Gasteiger partial charge in [-0.25, -0.2) is 0 Å². The molecule has 1 saturated carbocycles. The molecule has 0 radical (unpaired) electrons. The van der Waals surface area contributed by atoms with Crippen molar-refractivity contribution in [2.75, 3.05) is 6.61 Å². The fourth-order valence-corrected chi connectivity index (χ4v) is 6.74. The Hall–Kier alpha value is -2.32. The largest absolute Gasteiger partial charge is 0.455 e. The summed E-state index contributed by atoms with van der Waals surface area (Å²) in [5.41, 5.74) is -1.06. The molecule has 5 rings (SSSR count). The second-order valence-electron chi connectivity index (χ2n) is 10.6. The Morgan fingerprint density at radius 1 is 1.03 bits per heavy atom. The Bertz CT molecular complexity index is 1050. The van der Waals surface area contributed by atoms with E-state index in [4.69, 9.17) is 14.2 Å². The maximum absolute atomic E-state index is 14.0. The lowest BCUT2D eigenvalue weighted by Gasteiger charge is -2.53. The van der Waals surface area contributed by atoms with Gasteiger partial charge in [0.15, 0.2) is 5.78 Å². The number of aliphatic hydroxyl groups is 1. The van der Waals surface area contributed by atoms with E-state index in [9.17, 15) is 24.3 Å². The molecule has 172 valence electrons. The predicted octanol–water partition coefficient (Wildman–Crippen LogP) is 1.79. The second kappa shape index (κ2) is 6.38. The van der Waals surface area contributed by atoms with Crippen molar-refractivity contribution in [1.82, 2.24) is 0 Å². The van der Waals surface area contributed by atoms with Crippen LogP contribution in [-0.2, 0) is 33.4 Å². The van der Waals surface area contributed by atoms with Crippen molar-refractivity contribution in [2.24, 2.45) is 22.7 Å². The number of rotatable bonds is 1. The topological polar surface area (TPSA) is 116 Å². The first-order chi connectivity index (χ1) is 14.9. The molecule has 1 N–H and O–H groups in total. The number of carbonyl (C=O) groups is 4. The monoisotopic (exact) mass is 444 g/mol. The van der Waals surface area contributed by atoms with E-state index in [-0.39, 0.29) is 30.8 Å². The third-order valence-electron chi connectivity index (χ3n) is 8.50. The minimum atomic E-state index is -1.25. The average molecular weight is 444 g/mol. The average Bonchev–Trinajstić information content (AvgIpc) is 2.88. The van der Waals surface area contributed by atoms with Gasteiger partial charge >= 0.3 is 11.9 Å². The third kappa shape index (κ3) is 2.45. The van der Waals surface area contributed by atoms with Gasteiger partial charge in [-0.15, -0.1) is 0 Å². The Balaban J connectivity index is 1.81. The van der Waals surface area contributed by atoms with Gasteiger partial charge in [-0.2, -0.15) is 0 Å². The zero-order chi connectivity index (χ0) is 23.4. The molecule has 0 aromatic rings. The van der Waals surface area contributed by atoms with Crippen LogP contribution in [0.2, 0.25) is 0 Å². The molecule has 0 amide bonds. The van der Waals surface area contributed by atoms with Gasteiger partial charge in [0.2, 0.25) is 6.29 Å². The zero-order valence-corrected chi connectivity index (χ0v) is 18.9. The lowest BCUT2D eigenvalue weighted by molar-refractivity contribution is -0.211. The van der Waals surface area contributed by atoms with Crippen molar-refractivity contribution in [1.29, 1.82) is 0 Å². The molecule has 8 nitrogen and oxygen atoms in total. The molecule has 3 heterocycles. The zero-order valence-electron chi connectivity index (χ0n) is 18.9. The summed E-state index contributed by atoms with van der Waals surface area (Å²) in [5, 5.41) is 10.5. The third-order valence-corrected chi connectivity index (χ3v) is 8.50. The highest BCUT2D eigenvalue weighted by atomic mass is 16.7. The van der Waals surface area contributed by atoms with Gasteiger partial charge in [0.1, 0.15) is 17.5 Å².